The molecule has 2 aromatic carbocycles. The van der Waals surface area contributed by atoms with E-state index in [4.69, 9.17) is 10.5 Å². The zero-order valence-electron chi connectivity index (χ0n) is 18.3. The first-order valence-corrected chi connectivity index (χ1v) is 10.8. The minimum Gasteiger partial charge on any atom is -0.493 e. The number of likely N-dealkylation sites (tertiary alicyclic amines) is 1. The fourth-order valence-corrected chi connectivity index (χ4v) is 4.44. The maximum atomic E-state index is 13.3. The molecular formula is C24H26F2N4O3. The van der Waals surface area contributed by atoms with Gasteiger partial charge in [-0.15, -0.1) is 0 Å². The summed E-state index contributed by atoms with van der Waals surface area (Å²) in [7, 11) is 1.63. The van der Waals surface area contributed by atoms with Crippen molar-refractivity contribution in [1.29, 1.82) is 0 Å². The molecule has 0 bridgehead atoms. The van der Waals surface area contributed by atoms with Gasteiger partial charge in [-0.25, -0.2) is 13.8 Å². The monoisotopic (exact) mass is 456 g/mol. The molecule has 1 unspecified atom stereocenters. The standard InChI is InChI=1S/C24H26F2N4O3/c1-29-23(32)24(14-16-5-3-2-4-6-16)15-30(11-9-21(24)28-29)22(31)20(27)10-12-33-17-7-8-18(25)19(26)13-17/h2-8,13,20H,9-12,14-15,27H2,1H3/t20?,24-/m1/s1. The number of rotatable bonds is 7. The van der Waals surface area contributed by atoms with E-state index in [1.807, 2.05) is 30.3 Å². The van der Waals surface area contributed by atoms with Crippen LogP contribution in [0.2, 0.25) is 0 Å². The third kappa shape index (κ3) is 4.59. The Bertz CT molecular complexity index is 1080. The van der Waals surface area contributed by atoms with E-state index < -0.39 is 23.1 Å². The molecule has 2 heterocycles. The predicted molar refractivity (Wildman–Crippen MR) is 118 cm³/mol. The molecule has 4 rings (SSSR count). The van der Waals surface area contributed by atoms with E-state index in [0.717, 1.165) is 23.4 Å². The van der Waals surface area contributed by atoms with Crippen LogP contribution in [0.5, 0.6) is 5.75 Å². The highest BCUT2D eigenvalue weighted by molar-refractivity contribution is 6.13. The van der Waals surface area contributed by atoms with Crippen molar-refractivity contribution in [2.24, 2.45) is 16.3 Å². The van der Waals surface area contributed by atoms with Crippen molar-refractivity contribution in [3.8, 4) is 5.75 Å². The smallest absolute Gasteiger partial charge is 0.256 e. The molecule has 33 heavy (non-hydrogen) atoms. The summed E-state index contributed by atoms with van der Waals surface area (Å²) in [6, 6.07) is 12.1. The van der Waals surface area contributed by atoms with Crippen LogP contribution in [0.15, 0.2) is 53.6 Å². The molecule has 2 atom stereocenters. The van der Waals surface area contributed by atoms with E-state index in [2.05, 4.69) is 5.10 Å². The van der Waals surface area contributed by atoms with Crippen LogP contribution in [-0.4, -0.2) is 60.2 Å². The fraction of sp³-hybridized carbons (Fsp3) is 0.375. The minimum atomic E-state index is -1.01. The Balaban J connectivity index is 1.42. The lowest BCUT2D eigenvalue weighted by Crippen LogP contribution is -2.58. The average Bonchev–Trinajstić information content (AvgIpc) is 3.05. The van der Waals surface area contributed by atoms with Crippen LogP contribution in [0.25, 0.3) is 0 Å². The molecule has 0 radical (unpaired) electrons. The van der Waals surface area contributed by atoms with Gasteiger partial charge in [0.15, 0.2) is 11.6 Å². The molecule has 7 nitrogen and oxygen atoms in total. The first-order valence-electron chi connectivity index (χ1n) is 10.8. The number of ether oxygens (including phenoxy) is 1. The molecule has 2 aliphatic rings. The van der Waals surface area contributed by atoms with Crippen LogP contribution in [0.3, 0.4) is 0 Å². The minimum absolute atomic E-state index is 0.0648. The van der Waals surface area contributed by atoms with E-state index in [-0.39, 0.29) is 37.1 Å². The highest BCUT2D eigenvalue weighted by atomic mass is 19.2. The van der Waals surface area contributed by atoms with Gasteiger partial charge in [-0.1, -0.05) is 30.3 Å². The first-order chi connectivity index (χ1) is 15.8. The number of piperidine rings is 1. The van der Waals surface area contributed by atoms with Crippen molar-refractivity contribution in [3.63, 3.8) is 0 Å². The van der Waals surface area contributed by atoms with Crippen molar-refractivity contribution in [2.75, 3.05) is 26.7 Å². The summed E-state index contributed by atoms with van der Waals surface area (Å²) >= 11 is 0. The number of nitrogens with two attached hydrogens (primary N) is 1. The highest BCUT2D eigenvalue weighted by Gasteiger charge is 2.53. The van der Waals surface area contributed by atoms with Gasteiger partial charge in [0.1, 0.15) is 11.2 Å². The number of halogens is 2. The molecule has 2 aliphatic heterocycles. The largest absolute Gasteiger partial charge is 0.493 e. The Kier molecular flexibility index (Phi) is 6.42. The Morgan fingerprint density at radius 2 is 1.97 bits per heavy atom. The molecule has 2 amide bonds. The average molecular weight is 456 g/mol. The summed E-state index contributed by atoms with van der Waals surface area (Å²) in [6.07, 6.45) is 1.13. The van der Waals surface area contributed by atoms with Gasteiger partial charge in [-0.2, -0.15) is 5.10 Å². The number of hydrogen-bond donors (Lipinski definition) is 1. The molecule has 0 spiro atoms. The van der Waals surface area contributed by atoms with Crippen molar-refractivity contribution in [3.05, 3.63) is 65.7 Å². The number of benzene rings is 2. The van der Waals surface area contributed by atoms with E-state index >= 15 is 0 Å². The Morgan fingerprint density at radius 3 is 2.70 bits per heavy atom. The molecule has 1 saturated heterocycles. The third-order valence-electron chi connectivity index (χ3n) is 6.17. The fourth-order valence-electron chi connectivity index (χ4n) is 4.44. The molecule has 1 fully saturated rings. The number of hydrogen-bond acceptors (Lipinski definition) is 5. The second-order valence-corrected chi connectivity index (χ2v) is 8.45. The Labute approximate surface area is 190 Å². The van der Waals surface area contributed by atoms with Crippen LogP contribution in [0, 0.1) is 17.0 Å². The zero-order chi connectivity index (χ0) is 23.6. The second-order valence-electron chi connectivity index (χ2n) is 8.45. The summed E-state index contributed by atoms with van der Waals surface area (Å²) < 4.78 is 31.8. The maximum absolute atomic E-state index is 13.3. The number of amides is 2. The zero-order valence-corrected chi connectivity index (χ0v) is 18.3. The topological polar surface area (TPSA) is 88.2 Å². The molecule has 0 saturated carbocycles. The number of nitrogens with zero attached hydrogens (tertiary/aromatic N) is 3. The maximum Gasteiger partial charge on any atom is 0.256 e. The van der Waals surface area contributed by atoms with Gasteiger partial charge >= 0.3 is 0 Å². The number of fused-ring (bicyclic) bond motifs is 1. The van der Waals surface area contributed by atoms with E-state index in [9.17, 15) is 18.4 Å². The number of carbonyl (C=O) groups is 2. The molecule has 9 heteroatoms. The molecule has 2 N–H and O–H groups in total. The summed E-state index contributed by atoms with van der Waals surface area (Å²) in [5.41, 5.74) is 7.02. The van der Waals surface area contributed by atoms with Gasteiger partial charge in [0, 0.05) is 39.0 Å². The number of hydrazone groups is 1. The third-order valence-corrected chi connectivity index (χ3v) is 6.17. The molecule has 2 aromatic rings. The van der Waals surface area contributed by atoms with Crippen LogP contribution in [-0.2, 0) is 16.0 Å². The molecular weight excluding hydrogens is 430 g/mol. The summed E-state index contributed by atoms with van der Waals surface area (Å²) in [4.78, 5) is 27.9. The summed E-state index contributed by atoms with van der Waals surface area (Å²) in [5, 5.41) is 5.81. The second kappa shape index (κ2) is 9.27. The van der Waals surface area contributed by atoms with Crippen LogP contribution < -0.4 is 10.5 Å². The highest BCUT2D eigenvalue weighted by Crippen LogP contribution is 2.38. The van der Waals surface area contributed by atoms with E-state index in [0.29, 0.717) is 19.4 Å². The predicted octanol–water partition coefficient (Wildman–Crippen LogP) is 2.35. The summed E-state index contributed by atoms with van der Waals surface area (Å²) in [5.74, 6) is -2.21. The van der Waals surface area contributed by atoms with Gasteiger partial charge in [-0.3, -0.25) is 9.59 Å². The Morgan fingerprint density at radius 1 is 1.21 bits per heavy atom. The lowest BCUT2D eigenvalue weighted by Gasteiger charge is -2.40. The van der Waals surface area contributed by atoms with E-state index in [1.54, 1.807) is 11.9 Å². The molecule has 0 aromatic heterocycles. The van der Waals surface area contributed by atoms with Crippen LogP contribution >= 0.6 is 0 Å². The van der Waals surface area contributed by atoms with Crippen molar-refractivity contribution in [1.82, 2.24) is 9.91 Å². The molecule has 174 valence electrons. The van der Waals surface area contributed by atoms with Crippen molar-refractivity contribution >= 4 is 17.5 Å². The summed E-state index contributed by atoms with van der Waals surface area (Å²) in [6.45, 7) is 0.697. The van der Waals surface area contributed by atoms with Gasteiger partial charge in [0.05, 0.1) is 18.4 Å². The van der Waals surface area contributed by atoms with Crippen molar-refractivity contribution in [2.45, 2.75) is 25.3 Å². The van der Waals surface area contributed by atoms with Gasteiger partial charge in [0.2, 0.25) is 5.91 Å². The van der Waals surface area contributed by atoms with Crippen LogP contribution in [0.4, 0.5) is 8.78 Å². The lowest BCUT2D eigenvalue weighted by atomic mass is 9.73. The number of carbonyl (C=O) groups excluding carboxylic acids is 2. The van der Waals surface area contributed by atoms with Crippen LogP contribution in [0.1, 0.15) is 18.4 Å². The Hall–Kier alpha value is -3.33. The van der Waals surface area contributed by atoms with Gasteiger partial charge in [-0.05, 0) is 24.1 Å². The van der Waals surface area contributed by atoms with Gasteiger partial charge < -0.3 is 15.4 Å². The first kappa shape index (κ1) is 22.8. The van der Waals surface area contributed by atoms with Crippen molar-refractivity contribution < 1.29 is 23.1 Å². The normalized spacial score (nSPS) is 21.0. The van der Waals surface area contributed by atoms with E-state index in [1.165, 1.54) is 11.1 Å². The lowest BCUT2D eigenvalue weighted by molar-refractivity contribution is -0.140. The SMILES string of the molecule is CN1N=C2CCN(C(=O)C(N)CCOc3ccc(F)c(F)c3)C[C@@]2(Cc2ccccc2)C1=O. The molecule has 0 aliphatic carbocycles. The van der Waals surface area contributed by atoms with Gasteiger partial charge in [0.25, 0.3) is 5.91 Å². The quantitative estimate of drug-likeness (QED) is 0.693.